The van der Waals surface area contributed by atoms with Gasteiger partial charge in [0.05, 0.1) is 6.61 Å². The van der Waals surface area contributed by atoms with Crippen molar-refractivity contribution >= 4 is 11.6 Å². The van der Waals surface area contributed by atoms with Gasteiger partial charge in [-0.25, -0.2) is 4.39 Å². The monoisotopic (exact) mass is 287 g/mol. The zero-order valence-corrected chi connectivity index (χ0v) is 12.7. The molecule has 0 fully saturated rings. The normalized spacial score (nSPS) is 14.4. The van der Waals surface area contributed by atoms with Crippen LogP contribution < -0.4 is 5.32 Å². The first-order chi connectivity index (χ1) is 9.00. The summed E-state index contributed by atoms with van der Waals surface area (Å²) in [4.78, 5) is 0. The van der Waals surface area contributed by atoms with Gasteiger partial charge in [-0.15, -0.1) is 0 Å². The van der Waals surface area contributed by atoms with Gasteiger partial charge in [-0.05, 0) is 42.0 Å². The maximum Gasteiger partial charge on any atom is 0.126 e. The van der Waals surface area contributed by atoms with E-state index in [0.29, 0.717) is 23.6 Å². The van der Waals surface area contributed by atoms with E-state index in [4.69, 9.17) is 16.3 Å². The van der Waals surface area contributed by atoms with Gasteiger partial charge in [0.25, 0.3) is 0 Å². The second kappa shape index (κ2) is 7.83. The minimum absolute atomic E-state index is 0.0132. The molecule has 1 unspecified atom stereocenters. The molecule has 2 nitrogen and oxygen atoms in total. The topological polar surface area (TPSA) is 21.3 Å². The SMILES string of the molecule is CCC(C)(CNCCOC)Cc1cc(Cl)ccc1F. The Bertz CT molecular complexity index is 400. The third-order valence-electron chi connectivity index (χ3n) is 3.51. The lowest BCUT2D eigenvalue weighted by Gasteiger charge is -2.29. The van der Waals surface area contributed by atoms with Crippen molar-refractivity contribution < 1.29 is 9.13 Å². The Kier molecular flexibility index (Phi) is 6.76. The maximum atomic E-state index is 13.8. The van der Waals surface area contributed by atoms with Gasteiger partial charge < -0.3 is 10.1 Å². The molecule has 1 aromatic carbocycles. The van der Waals surface area contributed by atoms with Crippen LogP contribution in [-0.2, 0) is 11.2 Å². The van der Waals surface area contributed by atoms with Gasteiger partial charge >= 0.3 is 0 Å². The van der Waals surface area contributed by atoms with Crippen LogP contribution in [0, 0.1) is 11.2 Å². The molecule has 0 spiro atoms. The quantitative estimate of drug-likeness (QED) is 0.737. The highest BCUT2D eigenvalue weighted by Gasteiger charge is 2.23. The molecule has 0 amide bonds. The van der Waals surface area contributed by atoms with Crippen LogP contribution in [-0.4, -0.2) is 26.8 Å². The van der Waals surface area contributed by atoms with Gasteiger partial charge in [0, 0.05) is 25.2 Å². The van der Waals surface area contributed by atoms with Gasteiger partial charge in [-0.2, -0.15) is 0 Å². The minimum atomic E-state index is -0.180. The van der Waals surface area contributed by atoms with Crippen LogP contribution in [0.25, 0.3) is 0 Å². The number of hydrogen-bond donors (Lipinski definition) is 1. The molecule has 0 aliphatic heterocycles. The highest BCUT2D eigenvalue weighted by Crippen LogP contribution is 2.28. The molecule has 0 aliphatic rings. The first-order valence-electron chi connectivity index (χ1n) is 6.64. The summed E-state index contributed by atoms with van der Waals surface area (Å²) < 4.78 is 18.8. The predicted octanol–water partition coefficient (Wildman–Crippen LogP) is 3.67. The van der Waals surface area contributed by atoms with E-state index in [-0.39, 0.29) is 11.2 Å². The number of rotatable bonds is 8. The third kappa shape index (κ3) is 5.47. The molecule has 1 aromatic rings. The van der Waals surface area contributed by atoms with Crippen molar-refractivity contribution in [3.05, 3.63) is 34.6 Å². The van der Waals surface area contributed by atoms with Crippen LogP contribution in [0.5, 0.6) is 0 Å². The van der Waals surface area contributed by atoms with Crippen LogP contribution in [0.3, 0.4) is 0 Å². The summed E-state index contributed by atoms with van der Waals surface area (Å²) in [5.41, 5.74) is 0.699. The summed E-state index contributed by atoms with van der Waals surface area (Å²) in [6.45, 7) is 6.61. The zero-order valence-electron chi connectivity index (χ0n) is 11.9. The van der Waals surface area contributed by atoms with Gasteiger partial charge in [0.15, 0.2) is 0 Å². The fourth-order valence-corrected chi connectivity index (χ4v) is 2.21. The lowest BCUT2D eigenvalue weighted by Crippen LogP contribution is -2.35. The van der Waals surface area contributed by atoms with E-state index in [1.54, 1.807) is 19.2 Å². The summed E-state index contributed by atoms with van der Waals surface area (Å²) in [7, 11) is 1.68. The molecule has 0 radical (unpaired) electrons. The Morgan fingerprint density at radius 1 is 1.42 bits per heavy atom. The van der Waals surface area contributed by atoms with E-state index in [1.165, 1.54) is 6.07 Å². The van der Waals surface area contributed by atoms with E-state index >= 15 is 0 Å². The number of halogens is 2. The molecule has 19 heavy (non-hydrogen) atoms. The number of methoxy groups -OCH3 is 1. The highest BCUT2D eigenvalue weighted by atomic mass is 35.5. The number of hydrogen-bond acceptors (Lipinski definition) is 2. The molecule has 0 heterocycles. The number of benzene rings is 1. The Hall–Kier alpha value is -0.640. The minimum Gasteiger partial charge on any atom is -0.383 e. The van der Waals surface area contributed by atoms with E-state index in [0.717, 1.165) is 19.5 Å². The molecule has 0 saturated carbocycles. The van der Waals surface area contributed by atoms with Crippen LogP contribution in [0.15, 0.2) is 18.2 Å². The van der Waals surface area contributed by atoms with Gasteiger partial charge in [0.2, 0.25) is 0 Å². The standard InChI is InChI=1S/C15H23ClFNO/c1-4-15(2,11-18-7-8-19-3)10-12-9-13(16)5-6-14(12)17/h5-6,9,18H,4,7-8,10-11H2,1-3H3. The molecule has 0 bridgehead atoms. The average molecular weight is 288 g/mol. The summed E-state index contributed by atoms with van der Waals surface area (Å²) in [5.74, 6) is -0.180. The highest BCUT2D eigenvalue weighted by molar-refractivity contribution is 6.30. The van der Waals surface area contributed by atoms with Gasteiger partial charge in [-0.3, -0.25) is 0 Å². The Balaban J connectivity index is 2.66. The smallest absolute Gasteiger partial charge is 0.126 e. The molecule has 0 saturated heterocycles. The van der Waals surface area contributed by atoms with E-state index in [1.807, 2.05) is 0 Å². The lowest BCUT2D eigenvalue weighted by molar-refractivity contribution is 0.191. The summed E-state index contributed by atoms with van der Waals surface area (Å²) in [5, 5.41) is 3.94. The average Bonchev–Trinajstić information content (AvgIpc) is 2.39. The molecule has 4 heteroatoms. The largest absolute Gasteiger partial charge is 0.383 e. The molecule has 1 rings (SSSR count). The first kappa shape index (κ1) is 16.4. The summed E-state index contributed by atoms with van der Waals surface area (Å²) in [6, 6.07) is 4.74. The van der Waals surface area contributed by atoms with Crippen LogP contribution in [0.1, 0.15) is 25.8 Å². The molecule has 0 aromatic heterocycles. The van der Waals surface area contributed by atoms with Crippen LogP contribution in [0.2, 0.25) is 5.02 Å². The Labute approximate surface area is 120 Å². The maximum absolute atomic E-state index is 13.8. The van der Waals surface area contributed by atoms with Crippen molar-refractivity contribution in [2.45, 2.75) is 26.7 Å². The molecular formula is C15H23ClFNO. The zero-order chi connectivity index (χ0) is 14.3. The molecular weight excluding hydrogens is 265 g/mol. The number of ether oxygens (including phenoxy) is 1. The van der Waals surface area contributed by atoms with Crippen LogP contribution in [0.4, 0.5) is 4.39 Å². The van der Waals surface area contributed by atoms with Crippen LogP contribution >= 0.6 is 11.6 Å². The molecule has 1 N–H and O–H groups in total. The fraction of sp³-hybridized carbons (Fsp3) is 0.600. The molecule has 0 aliphatic carbocycles. The molecule has 1 atom stereocenters. The Morgan fingerprint density at radius 3 is 2.79 bits per heavy atom. The van der Waals surface area contributed by atoms with Crippen molar-refractivity contribution in [2.24, 2.45) is 5.41 Å². The van der Waals surface area contributed by atoms with Gasteiger partial charge in [0.1, 0.15) is 5.82 Å². The van der Waals surface area contributed by atoms with Crippen molar-refractivity contribution in [3.8, 4) is 0 Å². The fourth-order valence-electron chi connectivity index (χ4n) is 2.02. The summed E-state index contributed by atoms with van der Waals surface area (Å²) in [6.07, 6.45) is 1.65. The van der Waals surface area contributed by atoms with Gasteiger partial charge in [-0.1, -0.05) is 25.4 Å². The van der Waals surface area contributed by atoms with Crippen molar-refractivity contribution in [1.82, 2.24) is 5.32 Å². The van der Waals surface area contributed by atoms with E-state index in [9.17, 15) is 4.39 Å². The number of nitrogens with one attached hydrogen (secondary N) is 1. The Morgan fingerprint density at radius 2 is 2.16 bits per heavy atom. The second-order valence-corrected chi connectivity index (χ2v) is 5.68. The van der Waals surface area contributed by atoms with E-state index in [2.05, 4.69) is 19.2 Å². The summed E-state index contributed by atoms with van der Waals surface area (Å²) >= 11 is 5.94. The van der Waals surface area contributed by atoms with E-state index < -0.39 is 0 Å². The van der Waals surface area contributed by atoms with Crippen molar-refractivity contribution in [2.75, 3.05) is 26.8 Å². The lowest BCUT2D eigenvalue weighted by atomic mass is 9.81. The van der Waals surface area contributed by atoms with Crippen molar-refractivity contribution in [1.29, 1.82) is 0 Å². The third-order valence-corrected chi connectivity index (χ3v) is 3.75. The first-order valence-corrected chi connectivity index (χ1v) is 7.02. The predicted molar refractivity (Wildman–Crippen MR) is 78.3 cm³/mol. The molecule has 108 valence electrons. The van der Waals surface area contributed by atoms with Crippen molar-refractivity contribution in [3.63, 3.8) is 0 Å². The second-order valence-electron chi connectivity index (χ2n) is 5.25.